The van der Waals surface area contributed by atoms with Crippen LogP contribution in [0.4, 0.5) is 0 Å². The van der Waals surface area contributed by atoms with E-state index in [4.69, 9.17) is 0 Å². The molecular formula is C12H26N2O. The molecule has 3 nitrogen and oxygen atoms in total. The van der Waals surface area contributed by atoms with E-state index in [1.54, 1.807) is 0 Å². The lowest BCUT2D eigenvalue weighted by Crippen LogP contribution is -2.52. The molecule has 15 heavy (non-hydrogen) atoms. The Morgan fingerprint density at radius 1 is 1.27 bits per heavy atom. The molecule has 2 atom stereocenters. The van der Waals surface area contributed by atoms with Crippen molar-refractivity contribution in [2.75, 3.05) is 20.6 Å². The lowest BCUT2D eigenvalue weighted by molar-refractivity contribution is 0.117. The molecule has 1 fully saturated rings. The minimum absolute atomic E-state index is 0.183. The van der Waals surface area contributed by atoms with Crippen molar-refractivity contribution < 1.29 is 5.11 Å². The molecular weight excluding hydrogens is 188 g/mol. The fourth-order valence-corrected chi connectivity index (χ4v) is 2.34. The summed E-state index contributed by atoms with van der Waals surface area (Å²) >= 11 is 0. The topological polar surface area (TPSA) is 35.5 Å². The average Bonchev–Trinajstić information content (AvgIpc) is 2.63. The fourth-order valence-electron chi connectivity index (χ4n) is 2.34. The van der Waals surface area contributed by atoms with E-state index < -0.39 is 0 Å². The molecule has 2 N–H and O–H groups in total. The molecule has 1 aliphatic rings. The maximum Gasteiger partial charge on any atom is 0.0662 e. The average molecular weight is 214 g/mol. The van der Waals surface area contributed by atoms with Gasteiger partial charge in [-0.15, -0.1) is 0 Å². The number of aliphatic hydroxyl groups is 1. The van der Waals surface area contributed by atoms with E-state index in [0.29, 0.717) is 5.54 Å². The van der Waals surface area contributed by atoms with Gasteiger partial charge in [-0.1, -0.05) is 12.8 Å². The molecule has 0 amide bonds. The van der Waals surface area contributed by atoms with Crippen LogP contribution in [0.25, 0.3) is 0 Å². The molecule has 0 aromatic heterocycles. The molecule has 0 aromatic rings. The third-order valence-electron chi connectivity index (χ3n) is 3.96. The standard InChI is InChI=1S/C12H26N2O/c1-10(11(2)15)13-9-12(14(3)4)7-5-6-8-12/h10-11,13,15H,5-9H2,1-4H3. The van der Waals surface area contributed by atoms with Gasteiger partial charge in [0.05, 0.1) is 6.10 Å². The second-order valence-electron chi connectivity index (χ2n) is 5.24. The monoisotopic (exact) mass is 214 g/mol. The maximum absolute atomic E-state index is 9.44. The van der Waals surface area contributed by atoms with Crippen molar-refractivity contribution in [3.05, 3.63) is 0 Å². The van der Waals surface area contributed by atoms with Gasteiger partial charge in [-0.3, -0.25) is 0 Å². The second kappa shape index (κ2) is 5.28. The minimum atomic E-state index is -0.273. The Kier molecular flexibility index (Phi) is 4.56. The Morgan fingerprint density at radius 3 is 2.20 bits per heavy atom. The van der Waals surface area contributed by atoms with Crippen LogP contribution >= 0.6 is 0 Å². The lowest BCUT2D eigenvalue weighted by Gasteiger charge is -2.38. The van der Waals surface area contributed by atoms with Gasteiger partial charge in [-0.25, -0.2) is 0 Å². The number of rotatable bonds is 5. The smallest absolute Gasteiger partial charge is 0.0662 e. The number of likely N-dealkylation sites (N-methyl/N-ethyl adjacent to an activating group) is 1. The first-order chi connectivity index (χ1) is 6.98. The molecule has 0 bridgehead atoms. The molecule has 1 rings (SSSR count). The first-order valence-corrected chi connectivity index (χ1v) is 6.07. The highest BCUT2D eigenvalue weighted by Crippen LogP contribution is 2.33. The molecule has 0 saturated heterocycles. The summed E-state index contributed by atoms with van der Waals surface area (Å²) in [7, 11) is 4.33. The van der Waals surface area contributed by atoms with E-state index in [9.17, 15) is 5.11 Å². The van der Waals surface area contributed by atoms with Crippen LogP contribution in [0.3, 0.4) is 0 Å². The Labute approximate surface area is 93.9 Å². The molecule has 0 radical (unpaired) electrons. The van der Waals surface area contributed by atoms with Crippen molar-refractivity contribution in [3.63, 3.8) is 0 Å². The van der Waals surface area contributed by atoms with Crippen LogP contribution in [0.5, 0.6) is 0 Å². The number of nitrogens with one attached hydrogen (secondary N) is 1. The second-order valence-corrected chi connectivity index (χ2v) is 5.24. The largest absolute Gasteiger partial charge is 0.392 e. The van der Waals surface area contributed by atoms with Gasteiger partial charge in [0.15, 0.2) is 0 Å². The van der Waals surface area contributed by atoms with E-state index in [1.807, 2.05) is 13.8 Å². The van der Waals surface area contributed by atoms with Crippen LogP contribution in [0.15, 0.2) is 0 Å². The summed E-state index contributed by atoms with van der Waals surface area (Å²) in [5.74, 6) is 0. The quantitative estimate of drug-likeness (QED) is 0.722. The van der Waals surface area contributed by atoms with E-state index >= 15 is 0 Å². The summed E-state index contributed by atoms with van der Waals surface area (Å²) in [4.78, 5) is 2.35. The van der Waals surface area contributed by atoms with E-state index in [2.05, 4.69) is 24.3 Å². The predicted molar refractivity (Wildman–Crippen MR) is 64.0 cm³/mol. The number of aliphatic hydroxyl groups excluding tert-OH is 1. The van der Waals surface area contributed by atoms with Gasteiger partial charge in [0.25, 0.3) is 0 Å². The fraction of sp³-hybridized carbons (Fsp3) is 1.00. The maximum atomic E-state index is 9.44. The molecule has 90 valence electrons. The molecule has 0 spiro atoms. The Bertz CT molecular complexity index is 186. The van der Waals surface area contributed by atoms with Crippen LogP contribution in [0.2, 0.25) is 0 Å². The SMILES string of the molecule is CC(O)C(C)NCC1(N(C)C)CCCC1. The molecule has 0 aromatic carbocycles. The van der Waals surface area contributed by atoms with Crippen LogP contribution in [0.1, 0.15) is 39.5 Å². The number of hydrogen-bond donors (Lipinski definition) is 2. The summed E-state index contributed by atoms with van der Waals surface area (Å²) < 4.78 is 0. The van der Waals surface area contributed by atoms with Crippen molar-refractivity contribution in [1.82, 2.24) is 10.2 Å². The van der Waals surface area contributed by atoms with Gasteiger partial charge < -0.3 is 15.3 Å². The van der Waals surface area contributed by atoms with E-state index in [1.165, 1.54) is 25.7 Å². The normalized spacial score (nSPS) is 24.4. The zero-order valence-electron chi connectivity index (χ0n) is 10.6. The highest BCUT2D eigenvalue weighted by molar-refractivity contribution is 4.95. The zero-order chi connectivity index (χ0) is 11.5. The minimum Gasteiger partial charge on any atom is -0.392 e. The number of hydrogen-bond acceptors (Lipinski definition) is 3. The van der Waals surface area contributed by atoms with Gasteiger partial charge in [0, 0.05) is 18.1 Å². The molecule has 1 aliphatic carbocycles. The molecule has 1 saturated carbocycles. The van der Waals surface area contributed by atoms with Gasteiger partial charge in [-0.2, -0.15) is 0 Å². The van der Waals surface area contributed by atoms with E-state index in [0.717, 1.165) is 6.54 Å². The van der Waals surface area contributed by atoms with E-state index in [-0.39, 0.29) is 12.1 Å². The highest BCUT2D eigenvalue weighted by atomic mass is 16.3. The summed E-state index contributed by atoms with van der Waals surface area (Å²) in [6.07, 6.45) is 4.95. The zero-order valence-corrected chi connectivity index (χ0v) is 10.6. The van der Waals surface area contributed by atoms with Gasteiger partial charge in [0.2, 0.25) is 0 Å². The van der Waals surface area contributed by atoms with Crippen molar-refractivity contribution in [3.8, 4) is 0 Å². The third kappa shape index (κ3) is 3.16. The summed E-state index contributed by atoms with van der Waals surface area (Å²) in [6, 6.07) is 0.183. The first kappa shape index (κ1) is 12.9. The molecule has 0 heterocycles. The Hall–Kier alpha value is -0.120. The molecule has 0 aliphatic heterocycles. The van der Waals surface area contributed by atoms with Crippen LogP contribution in [-0.4, -0.2) is 48.3 Å². The van der Waals surface area contributed by atoms with Crippen LogP contribution < -0.4 is 5.32 Å². The molecule has 3 heteroatoms. The highest BCUT2D eigenvalue weighted by Gasteiger charge is 2.35. The predicted octanol–water partition coefficient (Wildman–Crippen LogP) is 1.22. The molecule has 2 unspecified atom stereocenters. The summed E-state index contributed by atoms with van der Waals surface area (Å²) in [5.41, 5.74) is 0.323. The summed E-state index contributed by atoms with van der Waals surface area (Å²) in [6.45, 7) is 4.88. The van der Waals surface area contributed by atoms with Crippen molar-refractivity contribution in [2.24, 2.45) is 0 Å². The summed E-state index contributed by atoms with van der Waals surface area (Å²) in [5, 5.41) is 12.9. The Morgan fingerprint density at radius 2 is 1.80 bits per heavy atom. The first-order valence-electron chi connectivity index (χ1n) is 6.07. The van der Waals surface area contributed by atoms with Crippen molar-refractivity contribution in [2.45, 2.75) is 57.2 Å². The van der Waals surface area contributed by atoms with Gasteiger partial charge in [-0.05, 0) is 40.8 Å². The lowest BCUT2D eigenvalue weighted by atomic mass is 9.95. The Balaban J connectivity index is 2.46. The van der Waals surface area contributed by atoms with Crippen molar-refractivity contribution in [1.29, 1.82) is 0 Å². The third-order valence-corrected chi connectivity index (χ3v) is 3.96. The van der Waals surface area contributed by atoms with Crippen molar-refractivity contribution >= 4 is 0 Å². The number of nitrogens with zero attached hydrogens (tertiary/aromatic N) is 1. The van der Waals surface area contributed by atoms with Gasteiger partial charge in [0.1, 0.15) is 0 Å². The van der Waals surface area contributed by atoms with Gasteiger partial charge >= 0.3 is 0 Å². The van der Waals surface area contributed by atoms with Crippen LogP contribution in [0, 0.1) is 0 Å². The van der Waals surface area contributed by atoms with Crippen LogP contribution in [-0.2, 0) is 0 Å².